The number of amides is 2. The molecule has 26 heavy (non-hydrogen) atoms. The summed E-state index contributed by atoms with van der Waals surface area (Å²) in [4.78, 5) is 41.6. The van der Waals surface area contributed by atoms with E-state index < -0.39 is 56.1 Å². The molecular formula is C15H24NO9P. The quantitative estimate of drug-likeness (QED) is 0.399. The van der Waals surface area contributed by atoms with Gasteiger partial charge in [-0.3, -0.25) is 19.4 Å². The topological polar surface area (TPSA) is 141 Å². The van der Waals surface area contributed by atoms with Crippen molar-refractivity contribution in [3.8, 4) is 0 Å². The molecule has 0 aromatic rings. The molecule has 148 valence electrons. The molecule has 0 spiro atoms. The number of methoxy groups -OCH3 is 1. The van der Waals surface area contributed by atoms with E-state index in [0.717, 1.165) is 0 Å². The average Bonchev–Trinajstić information content (AvgIpc) is 2.83. The molecule has 11 heteroatoms. The standard InChI is InChI=1S/C15H24NO9P/c1-7(2)23-14-11(8(3)25-26(19,20)21)24-12(13(14)22-4)9-5-6-10(17)16-15(9)18/h5-9,11-14H,1-4H3,(H,16,17,18)(H2,19,20,21)/t8-,9?,11-,12+,13?,14+/m1/s1. The van der Waals surface area contributed by atoms with E-state index in [2.05, 4.69) is 5.32 Å². The largest absolute Gasteiger partial charge is 0.469 e. The second kappa shape index (κ2) is 8.26. The summed E-state index contributed by atoms with van der Waals surface area (Å²) < 4.78 is 33.1. The number of hydrogen-bond donors (Lipinski definition) is 3. The Balaban J connectivity index is 2.30. The summed E-state index contributed by atoms with van der Waals surface area (Å²) in [7, 11) is -3.33. The molecule has 1 fully saturated rings. The molecule has 0 radical (unpaired) electrons. The van der Waals surface area contributed by atoms with Gasteiger partial charge in [0.25, 0.3) is 0 Å². The zero-order valence-electron chi connectivity index (χ0n) is 14.9. The van der Waals surface area contributed by atoms with Crippen LogP contribution in [0.25, 0.3) is 0 Å². The number of nitrogens with one attached hydrogen (secondary N) is 1. The molecule has 0 saturated carbocycles. The van der Waals surface area contributed by atoms with Crippen molar-refractivity contribution in [2.24, 2.45) is 5.92 Å². The van der Waals surface area contributed by atoms with Crippen LogP contribution in [0, 0.1) is 5.92 Å². The van der Waals surface area contributed by atoms with Gasteiger partial charge in [0.15, 0.2) is 0 Å². The molecule has 3 N–H and O–H groups in total. The van der Waals surface area contributed by atoms with Crippen molar-refractivity contribution in [3.05, 3.63) is 12.2 Å². The maximum absolute atomic E-state index is 12.2. The fraction of sp³-hybridized carbons (Fsp3) is 0.733. The van der Waals surface area contributed by atoms with Crippen molar-refractivity contribution in [3.63, 3.8) is 0 Å². The molecule has 2 heterocycles. The van der Waals surface area contributed by atoms with E-state index in [9.17, 15) is 14.2 Å². The molecule has 2 rings (SSSR count). The number of rotatable bonds is 7. The summed E-state index contributed by atoms with van der Waals surface area (Å²) in [5, 5.41) is 2.19. The van der Waals surface area contributed by atoms with Crippen LogP contribution in [-0.2, 0) is 32.9 Å². The molecule has 1 saturated heterocycles. The molecule has 2 unspecified atom stereocenters. The Morgan fingerprint density at radius 1 is 1.23 bits per heavy atom. The first kappa shape index (κ1) is 21.2. The number of phosphoric acid groups is 1. The van der Waals surface area contributed by atoms with Gasteiger partial charge in [0.1, 0.15) is 24.4 Å². The summed E-state index contributed by atoms with van der Waals surface area (Å²) >= 11 is 0. The fourth-order valence-electron chi connectivity index (χ4n) is 3.17. The molecule has 0 aliphatic carbocycles. The zero-order valence-corrected chi connectivity index (χ0v) is 15.8. The highest BCUT2D eigenvalue weighted by atomic mass is 31.2. The lowest BCUT2D eigenvalue weighted by atomic mass is 9.92. The Kier molecular flexibility index (Phi) is 6.73. The molecule has 2 amide bonds. The second-order valence-electron chi connectivity index (χ2n) is 6.45. The van der Waals surface area contributed by atoms with Crippen molar-refractivity contribution in [2.75, 3.05) is 7.11 Å². The molecule has 0 aromatic heterocycles. The van der Waals surface area contributed by atoms with E-state index in [1.807, 2.05) is 0 Å². The number of carbonyl (C=O) groups excluding carboxylic acids is 2. The van der Waals surface area contributed by atoms with Crippen molar-refractivity contribution in [1.82, 2.24) is 5.32 Å². The van der Waals surface area contributed by atoms with Crippen LogP contribution in [-0.4, -0.2) is 65.3 Å². The van der Waals surface area contributed by atoms with Crippen molar-refractivity contribution in [2.45, 2.75) is 57.4 Å². The highest BCUT2D eigenvalue weighted by Gasteiger charge is 2.53. The molecule has 6 atom stereocenters. The maximum Gasteiger partial charge on any atom is 0.469 e. The lowest BCUT2D eigenvalue weighted by Gasteiger charge is -2.28. The van der Waals surface area contributed by atoms with Gasteiger partial charge in [-0.2, -0.15) is 0 Å². The first-order valence-corrected chi connectivity index (χ1v) is 9.67. The molecular weight excluding hydrogens is 369 g/mol. The first-order valence-electron chi connectivity index (χ1n) is 8.14. The predicted molar refractivity (Wildman–Crippen MR) is 87.8 cm³/mol. The van der Waals surface area contributed by atoms with E-state index in [1.165, 1.54) is 26.2 Å². The van der Waals surface area contributed by atoms with Gasteiger partial charge in [0, 0.05) is 13.2 Å². The third-order valence-corrected chi connectivity index (χ3v) is 4.72. The number of imide groups is 1. The average molecular weight is 393 g/mol. The van der Waals surface area contributed by atoms with E-state index in [-0.39, 0.29) is 6.10 Å². The van der Waals surface area contributed by atoms with Crippen LogP contribution in [0.2, 0.25) is 0 Å². The first-order chi connectivity index (χ1) is 12.0. The van der Waals surface area contributed by atoms with Crippen molar-refractivity contribution in [1.29, 1.82) is 0 Å². The number of carbonyl (C=O) groups is 2. The monoisotopic (exact) mass is 393 g/mol. The zero-order chi connectivity index (χ0) is 19.6. The fourth-order valence-corrected chi connectivity index (χ4v) is 3.73. The van der Waals surface area contributed by atoms with Crippen LogP contribution in [0.1, 0.15) is 20.8 Å². The van der Waals surface area contributed by atoms with Crippen LogP contribution >= 0.6 is 7.82 Å². The van der Waals surface area contributed by atoms with Crippen LogP contribution in [0.15, 0.2) is 12.2 Å². The summed E-state index contributed by atoms with van der Waals surface area (Å²) in [6.07, 6.45) is -1.77. The van der Waals surface area contributed by atoms with Crippen LogP contribution in [0.5, 0.6) is 0 Å². The normalized spacial score (nSPS) is 33.6. The number of hydrogen-bond acceptors (Lipinski definition) is 7. The number of ether oxygens (including phenoxy) is 3. The number of phosphoric ester groups is 1. The van der Waals surface area contributed by atoms with Crippen LogP contribution in [0.3, 0.4) is 0 Å². The van der Waals surface area contributed by atoms with Gasteiger partial charge in [-0.25, -0.2) is 4.57 Å². The Morgan fingerprint density at radius 2 is 1.88 bits per heavy atom. The van der Waals surface area contributed by atoms with E-state index in [1.54, 1.807) is 13.8 Å². The van der Waals surface area contributed by atoms with Gasteiger partial charge in [-0.05, 0) is 20.8 Å². The minimum Gasteiger partial charge on any atom is -0.376 e. The molecule has 0 bridgehead atoms. The molecule has 2 aliphatic heterocycles. The minimum absolute atomic E-state index is 0.234. The molecule has 10 nitrogen and oxygen atoms in total. The van der Waals surface area contributed by atoms with Gasteiger partial charge in [-0.15, -0.1) is 0 Å². The van der Waals surface area contributed by atoms with Gasteiger partial charge in [0.05, 0.1) is 18.1 Å². The minimum atomic E-state index is -4.75. The SMILES string of the molecule is COC1[C@H](C2C=CC(=O)NC2=O)O[C@H]([C@@H](C)OP(=O)(O)O)[C@@H]1OC(C)C. The van der Waals surface area contributed by atoms with Gasteiger partial charge in [-0.1, -0.05) is 6.08 Å². The molecule has 0 aromatic carbocycles. The summed E-state index contributed by atoms with van der Waals surface area (Å²) in [6.45, 7) is 5.02. The highest BCUT2D eigenvalue weighted by Crippen LogP contribution is 2.42. The third-order valence-electron chi connectivity index (χ3n) is 4.11. The van der Waals surface area contributed by atoms with E-state index in [0.29, 0.717) is 0 Å². The smallest absolute Gasteiger partial charge is 0.376 e. The van der Waals surface area contributed by atoms with Crippen LogP contribution < -0.4 is 5.32 Å². The summed E-state index contributed by atoms with van der Waals surface area (Å²) in [5.41, 5.74) is 0. The van der Waals surface area contributed by atoms with Crippen LogP contribution in [0.4, 0.5) is 0 Å². The van der Waals surface area contributed by atoms with E-state index >= 15 is 0 Å². The Morgan fingerprint density at radius 3 is 2.38 bits per heavy atom. The second-order valence-corrected chi connectivity index (χ2v) is 7.65. The highest BCUT2D eigenvalue weighted by molar-refractivity contribution is 7.46. The Bertz CT molecular complexity index is 616. The van der Waals surface area contributed by atoms with Gasteiger partial charge in [0.2, 0.25) is 11.8 Å². The molecule has 2 aliphatic rings. The van der Waals surface area contributed by atoms with Gasteiger partial charge < -0.3 is 24.0 Å². The maximum atomic E-state index is 12.2. The Labute approximate surface area is 151 Å². The summed E-state index contributed by atoms with van der Waals surface area (Å²) in [5.74, 6) is -1.89. The van der Waals surface area contributed by atoms with E-state index in [4.69, 9.17) is 28.5 Å². The lowest BCUT2D eigenvalue weighted by molar-refractivity contribution is -0.137. The van der Waals surface area contributed by atoms with Crippen molar-refractivity contribution >= 4 is 19.6 Å². The van der Waals surface area contributed by atoms with Crippen molar-refractivity contribution < 1.29 is 42.7 Å². The Hall–Kier alpha value is -1.13. The predicted octanol–water partition coefficient (Wildman–Crippen LogP) is -0.111. The lowest BCUT2D eigenvalue weighted by Crippen LogP contribution is -2.47. The third kappa shape index (κ3) is 4.98. The van der Waals surface area contributed by atoms with Gasteiger partial charge >= 0.3 is 7.82 Å². The summed E-state index contributed by atoms with van der Waals surface area (Å²) in [6, 6.07) is 0.